The highest BCUT2D eigenvalue weighted by molar-refractivity contribution is 5.94. The van der Waals surface area contributed by atoms with Crippen LogP contribution in [0.2, 0.25) is 0 Å². The number of nitrogens with two attached hydrogens (primary N) is 1. The summed E-state index contributed by atoms with van der Waals surface area (Å²) in [7, 11) is 2.08. The zero-order valence-corrected chi connectivity index (χ0v) is 10.3. The first-order chi connectivity index (χ1) is 8.16. The van der Waals surface area contributed by atoms with Gasteiger partial charge < -0.3 is 10.6 Å². The van der Waals surface area contributed by atoms with Crippen molar-refractivity contribution in [2.24, 2.45) is 11.7 Å². The monoisotopic (exact) mass is 232 g/mol. The number of nitrogens with zero attached hydrogens (tertiary/aromatic N) is 2. The third kappa shape index (κ3) is 2.96. The molecule has 1 aliphatic rings. The van der Waals surface area contributed by atoms with Crippen LogP contribution in [0.15, 0.2) is 18.3 Å². The molecule has 0 amide bonds. The molecule has 4 heteroatoms. The third-order valence-corrected chi connectivity index (χ3v) is 3.46. The molecule has 0 bridgehead atoms. The lowest BCUT2D eigenvalue weighted by Crippen LogP contribution is -2.25. The summed E-state index contributed by atoms with van der Waals surface area (Å²) in [5, 5.41) is 7.32. The maximum absolute atomic E-state index is 7.32. The molecule has 3 N–H and O–H groups in total. The van der Waals surface area contributed by atoms with Crippen molar-refractivity contribution in [3.8, 4) is 0 Å². The molecule has 4 nitrogen and oxygen atoms in total. The van der Waals surface area contributed by atoms with Crippen LogP contribution in [0.4, 0.5) is 5.82 Å². The molecule has 0 radical (unpaired) electrons. The van der Waals surface area contributed by atoms with Gasteiger partial charge in [-0.15, -0.1) is 0 Å². The molecule has 0 unspecified atom stereocenters. The summed E-state index contributed by atoms with van der Waals surface area (Å²) < 4.78 is 0. The Balaban J connectivity index is 1.98. The number of nitrogens with one attached hydrogen (secondary N) is 1. The molecule has 0 atom stereocenters. The quantitative estimate of drug-likeness (QED) is 0.616. The van der Waals surface area contributed by atoms with Crippen LogP contribution in [-0.2, 0) is 0 Å². The normalized spacial score (nSPS) is 16.1. The molecule has 1 aliphatic carbocycles. The molecule has 0 aromatic carbocycles. The number of hydrogen-bond donors (Lipinski definition) is 2. The van der Waals surface area contributed by atoms with E-state index >= 15 is 0 Å². The molecule has 1 fully saturated rings. The van der Waals surface area contributed by atoms with E-state index in [9.17, 15) is 0 Å². The Labute approximate surface area is 102 Å². The minimum Gasteiger partial charge on any atom is -0.384 e. The smallest absolute Gasteiger partial charge is 0.128 e. The highest BCUT2D eigenvalue weighted by Gasteiger charge is 2.17. The number of aromatic nitrogens is 1. The Bertz CT molecular complexity index is 379. The van der Waals surface area contributed by atoms with Crippen molar-refractivity contribution in [2.45, 2.75) is 25.7 Å². The minimum absolute atomic E-state index is 0.0718. The molecule has 0 saturated heterocycles. The fourth-order valence-electron chi connectivity index (χ4n) is 2.44. The molecule has 92 valence electrons. The molecule has 1 saturated carbocycles. The Morgan fingerprint density at radius 3 is 2.71 bits per heavy atom. The van der Waals surface area contributed by atoms with Gasteiger partial charge in [-0.25, -0.2) is 4.98 Å². The average molecular weight is 232 g/mol. The first kappa shape index (κ1) is 11.9. The summed E-state index contributed by atoms with van der Waals surface area (Å²) in [4.78, 5) is 6.54. The second-order valence-corrected chi connectivity index (χ2v) is 4.85. The average Bonchev–Trinajstić information content (AvgIpc) is 2.82. The van der Waals surface area contributed by atoms with Crippen LogP contribution in [-0.4, -0.2) is 24.4 Å². The molecule has 1 aromatic heterocycles. The standard InChI is InChI=1S/C13H20N4/c1-17(9-10-4-2-3-5-10)12-7-6-11(8-16-12)13(14)15/h6-8,10H,2-5,9H2,1H3,(H3,14,15). The summed E-state index contributed by atoms with van der Waals surface area (Å²) in [5.74, 6) is 1.85. The van der Waals surface area contributed by atoms with Crippen molar-refractivity contribution in [1.82, 2.24) is 4.98 Å². The maximum atomic E-state index is 7.32. The molecular weight excluding hydrogens is 212 g/mol. The number of hydrogen-bond acceptors (Lipinski definition) is 3. The van der Waals surface area contributed by atoms with Gasteiger partial charge in [-0.1, -0.05) is 12.8 Å². The highest BCUT2D eigenvalue weighted by atomic mass is 15.2. The largest absolute Gasteiger partial charge is 0.384 e. The molecule has 1 aromatic rings. The Morgan fingerprint density at radius 1 is 1.47 bits per heavy atom. The lowest BCUT2D eigenvalue weighted by atomic mass is 10.1. The zero-order valence-electron chi connectivity index (χ0n) is 10.3. The van der Waals surface area contributed by atoms with Crippen molar-refractivity contribution in [3.63, 3.8) is 0 Å². The van der Waals surface area contributed by atoms with Crippen LogP contribution < -0.4 is 10.6 Å². The molecule has 17 heavy (non-hydrogen) atoms. The van der Waals surface area contributed by atoms with E-state index in [1.54, 1.807) is 6.20 Å². The number of rotatable bonds is 4. The van der Waals surface area contributed by atoms with E-state index in [1.807, 2.05) is 12.1 Å². The zero-order chi connectivity index (χ0) is 12.3. The summed E-state index contributed by atoms with van der Waals surface area (Å²) in [6, 6.07) is 3.79. The molecule has 0 spiro atoms. The Morgan fingerprint density at radius 2 is 2.18 bits per heavy atom. The van der Waals surface area contributed by atoms with Crippen LogP contribution >= 0.6 is 0 Å². The van der Waals surface area contributed by atoms with Crippen LogP contribution in [0.3, 0.4) is 0 Å². The van der Waals surface area contributed by atoms with Crippen molar-refractivity contribution in [3.05, 3.63) is 23.9 Å². The van der Waals surface area contributed by atoms with Gasteiger partial charge in [-0.05, 0) is 30.9 Å². The number of nitrogen functional groups attached to an aromatic ring is 1. The number of anilines is 1. The van der Waals surface area contributed by atoms with Gasteiger partial charge in [0.15, 0.2) is 0 Å². The maximum Gasteiger partial charge on any atom is 0.128 e. The first-order valence-corrected chi connectivity index (χ1v) is 6.18. The van der Waals surface area contributed by atoms with E-state index in [-0.39, 0.29) is 5.84 Å². The van der Waals surface area contributed by atoms with Crippen molar-refractivity contribution in [1.29, 1.82) is 5.41 Å². The van der Waals surface area contributed by atoms with Gasteiger partial charge in [0, 0.05) is 25.4 Å². The third-order valence-electron chi connectivity index (χ3n) is 3.46. The highest BCUT2D eigenvalue weighted by Crippen LogP contribution is 2.26. The summed E-state index contributed by atoms with van der Waals surface area (Å²) >= 11 is 0. The van der Waals surface area contributed by atoms with E-state index < -0.39 is 0 Å². The van der Waals surface area contributed by atoms with Crippen LogP contribution in [0.1, 0.15) is 31.2 Å². The van der Waals surface area contributed by atoms with Gasteiger partial charge in [0.25, 0.3) is 0 Å². The van der Waals surface area contributed by atoms with E-state index in [1.165, 1.54) is 25.7 Å². The van der Waals surface area contributed by atoms with E-state index in [0.717, 1.165) is 18.3 Å². The van der Waals surface area contributed by atoms with Gasteiger partial charge in [0.1, 0.15) is 11.7 Å². The lowest BCUT2D eigenvalue weighted by Gasteiger charge is -2.22. The van der Waals surface area contributed by atoms with Crippen LogP contribution in [0, 0.1) is 11.3 Å². The molecule has 1 heterocycles. The summed E-state index contributed by atoms with van der Waals surface area (Å²) in [6.45, 7) is 1.08. The van der Waals surface area contributed by atoms with Crippen molar-refractivity contribution in [2.75, 3.05) is 18.5 Å². The topological polar surface area (TPSA) is 66.0 Å². The Hall–Kier alpha value is -1.58. The minimum atomic E-state index is 0.0718. The first-order valence-electron chi connectivity index (χ1n) is 6.18. The van der Waals surface area contributed by atoms with E-state index in [4.69, 9.17) is 11.1 Å². The fraction of sp³-hybridized carbons (Fsp3) is 0.538. The fourth-order valence-corrected chi connectivity index (χ4v) is 2.44. The second kappa shape index (κ2) is 5.17. The summed E-state index contributed by atoms with van der Waals surface area (Å²) in [5.41, 5.74) is 6.09. The molecule has 0 aliphatic heterocycles. The van der Waals surface area contributed by atoms with Crippen LogP contribution in [0.5, 0.6) is 0 Å². The van der Waals surface area contributed by atoms with Crippen LogP contribution in [0.25, 0.3) is 0 Å². The van der Waals surface area contributed by atoms with Crippen molar-refractivity contribution < 1.29 is 0 Å². The van der Waals surface area contributed by atoms with Gasteiger partial charge in [-0.2, -0.15) is 0 Å². The molecular formula is C13H20N4. The summed E-state index contributed by atoms with van der Waals surface area (Å²) in [6.07, 6.45) is 7.10. The second-order valence-electron chi connectivity index (χ2n) is 4.85. The van der Waals surface area contributed by atoms with Gasteiger partial charge in [-0.3, -0.25) is 5.41 Å². The predicted molar refractivity (Wildman–Crippen MR) is 70.5 cm³/mol. The SMILES string of the molecule is CN(CC1CCCC1)c1ccc(C(=N)N)cn1. The molecule has 2 rings (SSSR count). The lowest BCUT2D eigenvalue weighted by molar-refractivity contribution is 0.545. The van der Waals surface area contributed by atoms with Gasteiger partial charge in [0.05, 0.1) is 0 Å². The van der Waals surface area contributed by atoms with Crippen molar-refractivity contribution >= 4 is 11.7 Å². The number of pyridine rings is 1. The van der Waals surface area contributed by atoms with Gasteiger partial charge >= 0.3 is 0 Å². The predicted octanol–water partition coefficient (Wildman–Crippen LogP) is 1.99. The van der Waals surface area contributed by atoms with E-state index in [0.29, 0.717) is 5.56 Å². The van der Waals surface area contributed by atoms with E-state index in [2.05, 4.69) is 16.9 Å². The Kier molecular flexibility index (Phi) is 3.61. The van der Waals surface area contributed by atoms with Gasteiger partial charge in [0.2, 0.25) is 0 Å². The number of amidine groups is 1.